The maximum Gasteiger partial charge on any atom is 0.332 e. The summed E-state index contributed by atoms with van der Waals surface area (Å²) in [6.45, 7) is 3.93. The number of ether oxygens (including phenoxy) is 3. The number of pyridine rings is 1. The van der Waals surface area contributed by atoms with Crippen molar-refractivity contribution in [2.75, 3.05) is 26.1 Å². The molecular weight excluding hydrogens is 370 g/mol. The van der Waals surface area contributed by atoms with Crippen molar-refractivity contribution in [3.63, 3.8) is 0 Å². The standard InChI is InChI=1S/C22H25N3O4/c1-13-14(2)25-11-10-16-19(22(25)23-13)24-18(15-8-6-5-7-9-15)21(20(16)28-4)29-17(26)12-27-3/h5-11,18,20-21,24H,12H2,1-4H3/t18-,20-,21-/m1/s1. The van der Waals surface area contributed by atoms with Crippen LogP contribution in [0.3, 0.4) is 0 Å². The lowest BCUT2D eigenvalue weighted by Crippen LogP contribution is -2.41. The van der Waals surface area contributed by atoms with Gasteiger partial charge in [0.1, 0.15) is 12.7 Å². The van der Waals surface area contributed by atoms with Crippen LogP contribution in [0.4, 0.5) is 5.69 Å². The summed E-state index contributed by atoms with van der Waals surface area (Å²) in [4.78, 5) is 17.0. The van der Waals surface area contributed by atoms with Gasteiger partial charge in [0.2, 0.25) is 0 Å². The Bertz CT molecular complexity index is 1030. The number of anilines is 1. The van der Waals surface area contributed by atoms with Crippen LogP contribution in [-0.2, 0) is 19.0 Å². The molecule has 1 aromatic carbocycles. The monoisotopic (exact) mass is 395 g/mol. The van der Waals surface area contributed by atoms with Crippen molar-refractivity contribution in [3.8, 4) is 0 Å². The summed E-state index contributed by atoms with van der Waals surface area (Å²) in [6, 6.07) is 11.6. The zero-order valence-electron chi connectivity index (χ0n) is 17.0. The van der Waals surface area contributed by atoms with Gasteiger partial charge in [0.05, 0.1) is 17.4 Å². The number of carbonyl (C=O) groups is 1. The van der Waals surface area contributed by atoms with Crippen molar-refractivity contribution >= 4 is 17.3 Å². The maximum absolute atomic E-state index is 12.3. The van der Waals surface area contributed by atoms with Gasteiger partial charge < -0.3 is 23.9 Å². The Morgan fingerprint density at radius 3 is 2.62 bits per heavy atom. The highest BCUT2D eigenvalue weighted by Crippen LogP contribution is 2.44. The minimum Gasteiger partial charge on any atom is -0.455 e. The molecule has 4 rings (SSSR count). The molecule has 0 saturated heterocycles. The molecule has 3 atom stereocenters. The van der Waals surface area contributed by atoms with Crippen molar-refractivity contribution in [1.82, 2.24) is 9.38 Å². The highest BCUT2D eigenvalue weighted by molar-refractivity contribution is 5.76. The molecule has 2 aromatic heterocycles. The molecule has 0 bridgehead atoms. The number of hydrogen-bond acceptors (Lipinski definition) is 6. The number of benzene rings is 1. The average molecular weight is 395 g/mol. The summed E-state index contributed by atoms with van der Waals surface area (Å²) in [6.07, 6.45) is 0.977. The van der Waals surface area contributed by atoms with E-state index in [0.717, 1.165) is 33.8 Å². The zero-order valence-corrected chi connectivity index (χ0v) is 17.0. The Morgan fingerprint density at radius 2 is 1.93 bits per heavy atom. The first-order valence-electron chi connectivity index (χ1n) is 9.56. The van der Waals surface area contributed by atoms with Gasteiger partial charge in [0, 0.05) is 31.7 Å². The number of aromatic nitrogens is 2. The summed E-state index contributed by atoms with van der Waals surface area (Å²) in [5.41, 5.74) is 5.69. The van der Waals surface area contributed by atoms with E-state index in [2.05, 4.69) is 9.72 Å². The number of nitrogens with one attached hydrogen (secondary N) is 1. The van der Waals surface area contributed by atoms with E-state index in [1.165, 1.54) is 7.11 Å². The number of fused-ring (bicyclic) bond motifs is 3. The van der Waals surface area contributed by atoms with Crippen molar-refractivity contribution in [2.24, 2.45) is 0 Å². The van der Waals surface area contributed by atoms with E-state index in [0.29, 0.717) is 0 Å². The topological polar surface area (TPSA) is 74.1 Å². The van der Waals surface area contributed by atoms with E-state index in [4.69, 9.17) is 19.2 Å². The molecule has 0 amide bonds. The fraction of sp³-hybridized carbons (Fsp3) is 0.364. The molecule has 152 valence electrons. The van der Waals surface area contributed by atoms with Crippen LogP contribution in [0.15, 0.2) is 42.6 Å². The van der Waals surface area contributed by atoms with E-state index in [9.17, 15) is 4.79 Å². The lowest BCUT2D eigenvalue weighted by Gasteiger charge is -2.39. The molecule has 0 spiro atoms. The molecule has 0 aliphatic carbocycles. The molecule has 0 saturated carbocycles. The Labute approximate surface area is 169 Å². The molecule has 0 radical (unpaired) electrons. The first-order chi connectivity index (χ1) is 14.0. The predicted molar refractivity (Wildman–Crippen MR) is 109 cm³/mol. The number of esters is 1. The normalized spacial score (nSPS) is 20.9. The molecule has 7 heteroatoms. The molecule has 29 heavy (non-hydrogen) atoms. The SMILES string of the molecule is COCC(=O)O[C@@H]1[C@@H](c2ccccc2)Nc2c(ccn3c(C)c(C)nc23)[C@H]1OC. The summed E-state index contributed by atoms with van der Waals surface area (Å²) in [5, 5.41) is 3.58. The van der Waals surface area contributed by atoms with Gasteiger partial charge in [-0.25, -0.2) is 9.78 Å². The van der Waals surface area contributed by atoms with E-state index in [-0.39, 0.29) is 12.6 Å². The first kappa shape index (κ1) is 19.4. The summed E-state index contributed by atoms with van der Waals surface area (Å²) < 4.78 is 18.7. The highest BCUT2D eigenvalue weighted by atomic mass is 16.6. The van der Waals surface area contributed by atoms with E-state index in [1.807, 2.05) is 56.4 Å². The van der Waals surface area contributed by atoms with E-state index >= 15 is 0 Å². The molecule has 3 heterocycles. The maximum atomic E-state index is 12.3. The van der Waals surface area contributed by atoms with Crippen LogP contribution in [0.1, 0.15) is 34.7 Å². The van der Waals surface area contributed by atoms with Gasteiger partial charge in [-0.05, 0) is 25.5 Å². The molecule has 7 nitrogen and oxygen atoms in total. The third-order valence-corrected chi connectivity index (χ3v) is 5.48. The molecule has 1 aliphatic rings. The Morgan fingerprint density at radius 1 is 1.17 bits per heavy atom. The Kier molecular flexibility index (Phi) is 5.25. The molecule has 0 unspecified atom stereocenters. The molecule has 1 N–H and O–H groups in total. The minimum absolute atomic E-state index is 0.112. The average Bonchev–Trinajstić information content (AvgIpc) is 3.02. The van der Waals surface area contributed by atoms with Crippen LogP contribution in [0.25, 0.3) is 5.65 Å². The lowest BCUT2D eigenvalue weighted by atomic mass is 9.88. The fourth-order valence-corrected chi connectivity index (χ4v) is 3.96. The van der Waals surface area contributed by atoms with Gasteiger partial charge in [0.15, 0.2) is 11.8 Å². The van der Waals surface area contributed by atoms with Crippen LogP contribution in [0.2, 0.25) is 0 Å². The van der Waals surface area contributed by atoms with Crippen molar-refractivity contribution < 1.29 is 19.0 Å². The summed E-state index contributed by atoms with van der Waals surface area (Å²) in [5.74, 6) is -0.431. The highest BCUT2D eigenvalue weighted by Gasteiger charge is 2.41. The van der Waals surface area contributed by atoms with E-state index in [1.54, 1.807) is 7.11 Å². The molecular formula is C22H25N3O4. The third kappa shape index (κ3) is 3.36. The summed E-state index contributed by atoms with van der Waals surface area (Å²) >= 11 is 0. The first-order valence-corrected chi connectivity index (χ1v) is 9.56. The number of methoxy groups -OCH3 is 2. The smallest absolute Gasteiger partial charge is 0.332 e. The number of aryl methyl sites for hydroxylation is 2. The predicted octanol–water partition coefficient (Wildman–Crippen LogP) is 3.36. The third-order valence-electron chi connectivity index (χ3n) is 5.48. The van der Waals surface area contributed by atoms with Crippen LogP contribution < -0.4 is 5.32 Å². The van der Waals surface area contributed by atoms with Crippen molar-refractivity contribution in [2.45, 2.75) is 32.1 Å². The van der Waals surface area contributed by atoms with Crippen LogP contribution >= 0.6 is 0 Å². The van der Waals surface area contributed by atoms with Crippen LogP contribution in [-0.4, -0.2) is 42.3 Å². The second-order valence-electron chi connectivity index (χ2n) is 7.20. The molecule has 3 aromatic rings. The van der Waals surface area contributed by atoms with E-state index < -0.39 is 18.2 Å². The van der Waals surface area contributed by atoms with Gasteiger partial charge >= 0.3 is 5.97 Å². The molecule has 1 aliphatic heterocycles. The van der Waals surface area contributed by atoms with Crippen LogP contribution in [0, 0.1) is 13.8 Å². The Balaban J connectivity index is 1.86. The molecule has 0 fully saturated rings. The second kappa shape index (κ2) is 7.85. The number of rotatable bonds is 5. The number of hydrogen-bond donors (Lipinski definition) is 1. The number of imidazole rings is 1. The van der Waals surface area contributed by atoms with Gasteiger partial charge in [-0.3, -0.25) is 0 Å². The van der Waals surface area contributed by atoms with Gasteiger partial charge in [0.25, 0.3) is 0 Å². The second-order valence-corrected chi connectivity index (χ2v) is 7.20. The summed E-state index contributed by atoms with van der Waals surface area (Å²) in [7, 11) is 3.10. The number of carbonyl (C=O) groups excluding carboxylic acids is 1. The largest absolute Gasteiger partial charge is 0.455 e. The van der Waals surface area contributed by atoms with Gasteiger partial charge in [-0.2, -0.15) is 0 Å². The van der Waals surface area contributed by atoms with Crippen molar-refractivity contribution in [3.05, 3.63) is 65.1 Å². The van der Waals surface area contributed by atoms with Crippen LogP contribution in [0.5, 0.6) is 0 Å². The lowest BCUT2D eigenvalue weighted by molar-refractivity contribution is -0.163. The van der Waals surface area contributed by atoms with Gasteiger partial charge in [-0.15, -0.1) is 0 Å². The zero-order chi connectivity index (χ0) is 20.5. The number of nitrogens with zero attached hydrogens (tertiary/aromatic N) is 2. The fourth-order valence-electron chi connectivity index (χ4n) is 3.96. The quantitative estimate of drug-likeness (QED) is 0.668. The Hall–Kier alpha value is -2.90. The minimum atomic E-state index is -0.558. The van der Waals surface area contributed by atoms with Crippen molar-refractivity contribution in [1.29, 1.82) is 0 Å². The van der Waals surface area contributed by atoms with Gasteiger partial charge in [-0.1, -0.05) is 30.3 Å².